The predicted molar refractivity (Wildman–Crippen MR) is 139 cm³/mol. The van der Waals surface area contributed by atoms with E-state index in [-0.39, 0.29) is 29.6 Å². The maximum absolute atomic E-state index is 12.4. The number of carbonyl (C=O) groups excluding carboxylic acids is 2. The molecule has 0 radical (unpaired) electrons. The van der Waals surface area contributed by atoms with E-state index in [0.29, 0.717) is 31.7 Å². The van der Waals surface area contributed by atoms with Crippen molar-refractivity contribution in [1.29, 1.82) is 0 Å². The SMILES string of the molecule is CC(C)(CCNC(=O)OCC1c2ccccc2-c2ccccc21)CCC(=O)NCCSCC(=O)O. The zero-order valence-electron chi connectivity index (χ0n) is 20.3. The summed E-state index contributed by atoms with van der Waals surface area (Å²) in [7, 11) is 0. The maximum atomic E-state index is 12.4. The monoisotopic (exact) mass is 498 g/mol. The van der Waals surface area contributed by atoms with E-state index in [2.05, 4.69) is 48.7 Å². The predicted octanol–water partition coefficient (Wildman–Crippen LogP) is 4.66. The van der Waals surface area contributed by atoms with Crippen LogP contribution in [0.2, 0.25) is 0 Å². The van der Waals surface area contributed by atoms with Gasteiger partial charge in [-0.1, -0.05) is 62.4 Å². The number of hydrogen-bond donors (Lipinski definition) is 3. The van der Waals surface area contributed by atoms with Crippen molar-refractivity contribution in [3.63, 3.8) is 0 Å². The van der Waals surface area contributed by atoms with Gasteiger partial charge in [0.1, 0.15) is 6.61 Å². The number of carboxylic acid groups (broad SMARTS) is 1. The molecular formula is C27H34N2O5S. The number of hydrogen-bond acceptors (Lipinski definition) is 5. The van der Waals surface area contributed by atoms with Gasteiger partial charge in [-0.3, -0.25) is 9.59 Å². The first kappa shape index (κ1) is 26.6. The zero-order chi connectivity index (χ0) is 25.3. The van der Waals surface area contributed by atoms with Crippen molar-refractivity contribution >= 4 is 29.7 Å². The molecule has 0 fully saturated rings. The molecule has 35 heavy (non-hydrogen) atoms. The quantitative estimate of drug-likeness (QED) is 0.347. The van der Waals surface area contributed by atoms with Gasteiger partial charge in [0, 0.05) is 31.2 Å². The number of thioether (sulfide) groups is 1. The molecule has 0 saturated carbocycles. The molecular weight excluding hydrogens is 464 g/mol. The molecule has 8 heteroatoms. The highest BCUT2D eigenvalue weighted by Crippen LogP contribution is 2.44. The third-order valence-electron chi connectivity index (χ3n) is 6.24. The van der Waals surface area contributed by atoms with Crippen LogP contribution in [0.4, 0.5) is 4.79 Å². The number of amides is 2. The molecule has 1 aliphatic carbocycles. The lowest BCUT2D eigenvalue weighted by Gasteiger charge is -2.24. The van der Waals surface area contributed by atoms with Crippen LogP contribution >= 0.6 is 11.8 Å². The lowest BCUT2D eigenvalue weighted by molar-refractivity contribution is -0.133. The van der Waals surface area contributed by atoms with E-state index < -0.39 is 12.1 Å². The minimum atomic E-state index is -0.852. The van der Waals surface area contributed by atoms with Crippen LogP contribution in [-0.4, -0.2) is 54.3 Å². The molecule has 0 heterocycles. The van der Waals surface area contributed by atoms with E-state index in [1.165, 1.54) is 34.0 Å². The van der Waals surface area contributed by atoms with Gasteiger partial charge >= 0.3 is 12.1 Å². The van der Waals surface area contributed by atoms with Gasteiger partial charge in [0.05, 0.1) is 5.75 Å². The number of ether oxygens (including phenoxy) is 1. The fourth-order valence-corrected chi connectivity index (χ4v) is 4.81. The van der Waals surface area contributed by atoms with Crippen LogP contribution in [0.3, 0.4) is 0 Å². The lowest BCUT2D eigenvalue weighted by atomic mass is 9.84. The molecule has 188 valence electrons. The highest BCUT2D eigenvalue weighted by atomic mass is 32.2. The Morgan fingerprint density at radius 2 is 1.57 bits per heavy atom. The van der Waals surface area contributed by atoms with Crippen molar-refractivity contribution in [2.75, 3.05) is 31.2 Å². The molecule has 2 aromatic rings. The van der Waals surface area contributed by atoms with Gasteiger partial charge in [0.25, 0.3) is 0 Å². The van der Waals surface area contributed by atoms with Gasteiger partial charge in [0.2, 0.25) is 5.91 Å². The minimum Gasteiger partial charge on any atom is -0.481 e. The molecule has 0 aromatic heterocycles. The Labute approximate surface area is 211 Å². The summed E-state index contributed by atoms with van der Waals surface area (Å²) in [5.74, 6) is -0.246. The molecule has 0 saturated heterocycles. The maximum Gasteiger partial charge on any atom is 0.407 e. The van der Waals surface area contributed by atoms with E-state index in [4.69, 9.17) is 9.84 Å². The summed E-state index contributed by atoms with van der Waals surface area (Å²) in [5.41, 5.74) is 4.64. The number of benzene rings is 2. The summed E-state index contributed by atoms with van der Waals surface area (Å²) in [6.07, 6.45) is 1.37. The van der Waals surface area contributed by atoms with Gasteiger partial charge in [-0.25, -0.2) is 4.79 Å². The highest BCUT2D eigenvalue weighted by Gasteiger charge is 2.29. The van der Waals surface area contributed by atoms with Crippen LogP contribution < -0.4 is 10.6 Å². The first-order chi connectivity index (χ1) is 16.8. The Hall–Kier alpha value is -3.00. The van der Waals surface area contributed by atoms with E-state index in [1.807, 2.05) is 24.3 Å². The van der Waals surface area contributed by atoms with Crippen LogP contribution in [0.15, 0.2) is 48.5 Å². The number of fused-ring (bicyclic) bond motifs is 3. The first-order valence-electron chi connectivity index (χ1n) is 11.9. The normalized spacial score (nSPS) is 12.5. The standard InChI is InChI=1S/C27H34N2O5S/c1-27(2,12-11-24(30)28-15-16-35-18-25(31)32)13-14-29-26(33)34-17-23-21-9-5-3-7-19(21)20-8-4-6-10-22(20)23/h3-10,23H,11-18H2,1-2H3,(H,28,30)(H,29,33)(H,31,32). The lowest BCUT2D eigenvalue weighted by Crippen LogP contribution is -2.31. The number of aliphatic carboxylic acids is 1. The van der Waals surface area contributed by atoms with Gasteiger partial charge in [-0.05, 0) is 40.5 Å². The van der Waals surface area contributed by atoms with E-state index in [1.54, 1.807) is 0 Å². The second-order valence-electron chi connectivity index (χ2n) is 9.46. The fourth-order valence-electron chi connectivity index (χ4n) is 4.24. The van der Waals surface area contributed by atoms with E-state index in [9.17, 15) is 14.4 Å². The van der Waals surface area contributed by atoms with Crippen LogP contribution in [0, 0.1) is 5.41 Å². The highest BCUT2D eigenvalue weighted by molar-refractivity contribution is 7.99. The number of rotatable bonds is 13. The number of carbonyl (C=O) groups is 3. The van der Waals surface area contributed by atoms with Gasteiger partial charge < -0.3 is 20.5 Å². The van der Waals surface area contributed by atoms with Crippen LogP contribution in [-0.2, 0) is 14.3 Å². The average molecular weight is 499 g/mol. The van der Waals surface area contributed by atoms with Crippen molar-refractivity contribution in [2.45, 2.75) is 39.0 Å². The summed E-state index contributed by atoms with van der Waals surface area (Å²) in [6, 6.07) is 16.5. The van der Waals surface area contributed by atoms with Crippen molar-refractivity contribution in [3.05, 3.63) is 59.7 Å². The molecule has 0 unspecified atom stereocenters. The zero-order valence-corrected chi connectivity index (χ0v) is 21.2. The molecule has 3 N–H and O–H groups in total. The summed E-state index contributed by atoms with van der Waals surface area (Å²) in [4.78, 5) is 34.9. The molecule has 2 aromatic carbocycles. The molecule has 0 spiro atoms. The summed E-state index contributed by atoms with van der Waals surface area (Å²) >= 11 is 1.28. The van der Waals surface area contributed by atoms with Crippen LogP contribution in [0.1, 0.15) is 50.2 Å². The Morgan fingerprint density at radius 3 is 2.20 bits per heavy atom. The summed E-state index contributed by atoms with van der Waals surface area (Å²) < 4.78 is 5.58. The van der Waals surface area contributed by atoms with Crippen molar-refractivity contribution < 1.29 is 24.2 Å². The van der Waals surface area contributed by atoms with Crippen LogP contribution in [0.5, 0.6) is 0 Å². The van der Waals surface area contributed by atoms with E-state index >= 15 is 0 Å². The Bertz CT molecular complexity index is 994. The van der Waals surface area contributed by atoms with Crippen molar-refractivity contribution in [1.82, 2.24) is 10.6 Å². The molecule has 7 nitrogen and oxygen atoms in total. The second kappa shape index (κ2) is 12.6. The van der Waals surface area contributed by atoms with Crippen molar-refractivity contribution in [2.24, 2.45) is 5.41 Å². The van der Waals surface area contributed by atoms with E-state index in [0.717, 1.165) is 6.42 Å². The smallest absolute Gasteiger partial charge is 0.407 e. The number of alkyl carbamates (subject to hydrolysis) is 1. The topological polar surface area (TPSA) is 105 Å². The minimum absolute atomic E-state index is 0.0330. The summed E-state index contributed by atoms with van der Waals surface area (Å²) in [5, 5.41) is 14.3. The Morgan fingerprint density at radius 1 is 0.943 bits per heavy atom. The van der Waals surface area contributed by atoms with Gasteiger partial charge in [-0.15, -0.1) is 11.8 Å². The molecule has 1 aliphatic rings. The first-order valence-corrected chi connectivity index (χ1v) is 13.1. The fraction of sp³-hybridized carbons (Fsp3) is 0.444. The third-order valence-corrected chi connectivity index (χ3v) is 7.18. The molecule has 0 aliphatic heterocycles. The number of carboxylic acids is 1. The van der Waals surface area contributed by atoms with Crippen molar-refractivity contribution in [3.8, 4) is 11.1 Å². The second-order valence-corrected chi connectivity index (χ2v) is 10.6. The summed E-state index contributed by atoms with van der Waals surface area (Å²) in [6.45, 7) is 5.36. The largest absolute Gasteiger partial charge is 0.481 e. The van der Waals surface area contributed by atoms with Gasteiger partial charge in [-0.2, -0.15) is 0 Å². The molecule has 0 bridgehead atoms. The Balaban J connectivity index is 1.35. The third kappa shape index (κ3) is 8.02. The Kier molecular flexibility index (Phi) is 9.60. The number of nitrogens with one attached hydrogen (secondary N) is 2. The molecule has 3 rings (SSSR count). The van der Waals surface area contributed by atoms with Crippen LogP contribution in [0.25, 0.3) is 11.1 Å². The molecule has 0 atom stereocenters. The average Bonchev–Trinajstić information content (AvgIpc) is 3.15. The molecule has 2 amide bonds. The van der Waals surface area contributed by atoms with Gasteiger partial charge in [0.15, 0.2) is 0 Å².